The van der Waals surface area contributed by atoms with Crippen LogP contribution in [0, 0.1) is 0 Å². The Morgan fingerprint density at radius 2 is 0.938 bits per heavy atom. The molecular weight excluding hydrogens is 583 g/mol. The topological polar surface area (TPSA) is 18.1 Å². The molecule has 0 fully saturated rings. The van der Waals surface area contributed by atoms with Crippen molar-refractivity contribution in [1.82, 2.24) is 4.57 Å². The van der Waals surface area contributed by atoms with Crippen LogP contribution in [0.2, 0.25) is 0 Å². The van der Waals surface area contributed by atoms with Gasteiger partial charge < -0.3 is 8.98 Å². The van der Waals surface area contributed by atoms with Crippen LogP contribution in [0.15, 0.2) is 180 Å². The molecule has 224 valence electrons. The zero-order chi connectivity index (χ0) is 31.6. The molecule has 0 saturated carbocycles. The van der Waals surface area contributed by atoms with Gasteiger partial charge in [-0.2, -0.15) is 0 Å². The molecule has 2 nitrogen and oxygen atoms in total. The summed E-state index contributed by atoms with van der Waals surface area (Å²) in [6.07, 6.45) is 0. The predicted molar refractivity (Wildman–Crippen MR) is 202 cm³/mol. The van der Waals surface area contributed by atoms with Crippen molar-refractivity contribution in [2.45, 2.75) is 0 Å². The third-order valence-electron chi connectivity index (χ3n) is 9.77. The number of benzene rings is 8. The van der Waals surface area contributed by atoms with E-state index in [0.29, 0.717) is 0 Å². The van der Waals surface area contributed by atoms with E-state index in [0.717, 1.165) is 27.6 Å². The van der Waals surface area contributed by atoms with Gasteiger partial charge in [0.2, 0.25) is 0 Å². The van der Waals surface area contributed by atoms with Gasteiger partial charge >= 0.3 is 0 Å². The van der Waals surface area contributed by atoms with Crippen LogP contribution in [0.4, 0.5) is 0 Å². The Morgan fingerprint density at radius 3 is 1.62 bits per heavy atom. The number of nitrogens with zero attached hydrogens (tertiary/aromatic N) is 1. The minimum Gasteiger partial charge on any atom is -0.455 e. The third-order valence-corrected chi connectivity index (χ3v) is 9.77. The average Bonchev–Trinajstić information content (AvgIpc) is 3.71. The lowest BCUT2D eigenvalue weighted by Gasteiger charge is -2.13. The highest BCUT2D eigenvalue weighted by Gasteiger charge is 2.19. The van der Waals surface area contributed by atoms with Crippen molar-refractivity contribution in [2.75, 3.05) is 0 Å². The molecule has 2 heterocycles. The molecule has 8 aromatic carbocycles. The van der Waals surface area contributed by atoms with Crippen LogP contribution in [0.5, 0.6) is 0 Å². The Hall–Kier alpha value is -6.38. The monoisotopic (exact) mass is 611 g/mol. The summed E-state index contributed by atoms with van der Waals surface area (Å²) in [4.78, 5) is 0. The molecule has 0 unspecified atom stereocenters. The Morgan fingerprint density at radius 1 is 0.354 bits per heavy atom. The third kappa shape index (κ3) is 4.13. The maximum atomic E-state index is 6.58. The molecule has 10 rings (SSSR count). The first-order chi connectivity index (χ1) is 23.8. The summed E-state index contributed by atoms with van der Waals surface area (Å²) in [5, 5.41) is 7.11. The summed E-state index contributed by atoms with van der Waals surface area (Å²) in [7, 11) is 0. The van der Waals surface area contributed by atoms with Gasteiger partial charge in [-0.3, -0.25) is 0 Å². The SMILES string of the molecule is c1ccc(-c2cc(-c3ccccc3)cc(-c3ccc(-n4c5ccccc5c5c6c(ccc54)oc4c5ccccc5ccc46)cc3)c2)cc1. The molecule has 0 aliphatic rings. The number of hydrogen-bond donors (Lipinski definition) is 0. The van der Waals surface area contributed by atoms with Crippen molar-refractivity contribution in [1.29, 1.82) is 0 Å². The number of para-hydroxylation sites is 1. The molecule has 10 aromatic rings. The van der Waals surface area contributed by atoms with Gasteiger partial charge in [0, 0.05) is 32.6 Å². The van der Waals surface area contributed by atoms with Crippen molar-refractivity contribution < 1.29 is 4.42 Å². The molecule has 0 amide bonds. The lowest BCUT2D eigenvalue weighted by molar-refractivity contribution is 0.673. The highest BCUT2D eigenvalue weighted by atomic mass is 16.3. The molecule has 0 aliphatic heterocycles. The van der Waals surface area contributed by atoms with Crippen LogP contribution in [-0.4, -0.2) is 4.57 Å². The molecule has 0 aliphatic carbocycles. The van der Waals surface area contributed by atoms with Crippen LogP contribution in [0.3, 0.4) is 0 Å². The fourth-order valence-corrected chi connectivity index (χ4v) is 7.52. The molecule has 0 saturated heterocycles. The molecule has 0 atom stereocenters. The summed E-state index contributed by atoms with van der Waals surface area (Å²) >= 11 is 0. The molecule has 0 bridgehead atoms. The number of fused-ring (bicyclic) bond motifs is 9. The van der Waals surface area contributed by atoms with Crippen molar-refractivity contribution in [2.24, 2.45) is 0 Å². The van der Waals surface area contributed by atoms with E-state index in [1.54, 1.807) is 0 Å². The first kappa shape index (κ1) is 26.8. The molecule has 0 N–H and O–H groups in total. The van der Waals surface area contributed by atoms with Crippen LogP contribution in [0.1, 0.15) is 0 Å². The second kappa shape index (κ2) is 10.6. The second-order valence-corrected chi connectivity index (χ2v) is 12.5. The number of aromatic nitrogens is 1. The first-order valence-corrected chi connectivity index (χ1v) is 16.4. The van der Waals surface area contributed by atoms with E-state index in [2.05, 4.69) is 180 Å². The largest absolute Gasteiger partial charge is 0.455 e. The maximum Gasteiger partial charge on any atom is 0.143 e. The number of furan rings is 1. The van der Waals surface area contributed by atoms with Crippen LogP contribution < -0.4 is 0 Å². The zero-order valence-electron chi connectivity index (χ0n) is 26.1. The van der Waals surface area contributed by atoms with E-state index >= 15 is 0 Å². The van der Waals surface area contributed by atoms with Crippen molar-refractivity contribution in [3.8, 4) is 39.1 Å². The Kier molecular flexibility index (Phi) is 5.91. The van der Waals surface area contributed by atoms with Gasteiger partial charge in [0.15, 0.2) is 0 Å². The Bertz CT molecular complexity index is 2750. The van der Waals surface area contributed by atoms with E-state index in [1.165, 1.54) is 66.0 Å². The van der Waals surface area contributed by atoms with E-state index in [1.807, 2.05) is 0 Å². The molecule has 0 spiro atoms. The van der Waals surface area contributed by atoms with Gasteiger partial charge in [-0.1, -0.05) is 121 Å². The van der Waals surface area contributed by atoms with Crippen molar-refractivity contribution in [3.63, 3.8) is 0 Å². The average molecular weight is 612 g/mol. The predicted octanol–water partition coefficient (Wildman–Crippen LogP) is 12.8. The normalized spacial score (nSPS) is 11.8. The zero-order valence-corrected chi connectivity index (χ0v) is 26.1. The summed E-state index contributed by atoms with van der Waals surface area (Å²) in [5.74, 6) is 0. The van der Waals surface area contributed by atoms with Gasteiger partial charge in [0.25, 0.3) is 0 Å². The number of rotatable bonds is 4. The van der Waals surface area contributed by atoms with Gasteiger partial charge in [0.05, 0.1) is 11.0 Å². The lowest BCUT2D eigenvalue weighted by atomic mass is 9.93. The highest BCUT2D eigenvalue weighted by molar-refractivity contribution is 6.29. The Labute approximate surface area is 277 Å². The molecule has 0 radical (unpaired) electrons. The van der Waals surface area contributed by atoms with Gasteiger partial charge in [-0.15, -0.1) is 0 Å². The van der Waals surface area contributed by atoms with E-state index in [9.17, 15) is 0 Å². The van der Waals surface area contributed by atoms with E-state index in [-0.39, 0.29) is 0 Å². The second-order valence-electron chi connectivity index (χ2n) is 12.5. The van der Waals surface area contributed by atoms with Gasteiger partial charge in [-0.25, -0.2) is 0 Å². The van der Waals surface area contributed by atoms with Gasteiger partial charge in [0.1, 0.15) is 11.2 Å². The van der Waals surface area contributed by atoms with E-state index < -0.39 is 0 Å². The summed E-state index contributed by atoms with van der Waals surface area (Å²) < 4.78 is 8.97. The standard InChI is InChI=1S/C46H29NO/c1-3-11-30(12-4-1)34-27-35(31-13-5-2-6-14-31)29-36(28-34)32-19-22-37(23-20-32)47-41-18-10-9-17-39(41)44-42(47)25-26-43-45(44)40-24-21-33-15-7-8-16-38(33)46(40)48-43/h1-29H. The molecule has 2 aromatic heterocycles. The molecular formula is C46H29NO. The number of hydrogen-bond acceptors (Lipinski definition) is 1. The summed E-state index contributed by atoms with van der Waals surface area (Å²) in [6.45, 7) is 0. The van der Waals surface area contributed by atoms with E-state index in [4.69, 9.17) is 4.42 Å². The van der Waals surface area contributed by atoms with Crippen LogP contribution in [-0.2, 0) is 0 Å². The van der Waals surface area contributed by atoms with Crippen LogP contribution in [0.25, 0.3) is 93.6 Å². The quantitative estimate of drug-likeness (QED) is 0.194. The molecule has 48 heavy (non-hydrogen) atoms. The van der Waals surface area contributed by atoms with Gasteiger partial charge in [-0.05, 0) is 93.4 Å². The maximum absolute atomic E-state index is 6.58. The summed E-state index contributed by atoms with van der Waals surface area (Å²) in [6, 6.07) is 63.2. The fourth-order valence-electron chi connectivity index (χ4n) is 7.52. The smallest absolute Gasteiger partial charge is 0.143 e. The van der Waals surface area contributed by atoms with Crippen LogP contribution >= 0.6 is 0 Å². The molecule has 2 heteroatoms. The highest BCUT2D eigenvalue weighted by Crippen LogP contribution is 2.43. The first-order valence-electron chi connectivity index (χ1n) is 16.4. The Balaban J connectivity index is 1.15. The fraction of sp³-hybridized carbons (Fsp3) is 0. The minimum absolute atomic E-state index is 0.916. The lowest BCUT2D eigenvalue weighted by Crippen LogP contribution is -1.94. The van der Waals surface area contributed by atoms with Crippen molar-refractivity contribution in [3.05, 3.63) is 176 Å². The summed E-state index contributed by atoms with van der Waals surface area (Å²) in [5.41, 5.74) is 12.6. The minimum atomic E-state index is 0.916. The van der Waals surface area contributed by atoms with Crippen molar-refractivity contribution >= 4 is 54.5 Å².